The molecule has 0 aromatic carbocycles. The summed E-state index contributed by atoms with van der Waals surface area (Å²) in [6, 6.07) is 3.39. The van der Waals surface area contributed by atoms with E-state index in [1.54, 1.807) is 9.58 Å². The molecule has 0 saturated carbocycles. The number of aryl methyl sites for hydroxylation is 1. The number of nitrogens with zero attached hydrogens (tertiary/aromatic N) is 5. The Bertz CT molecular complexity index is 794. The summed E-state index contributed by atoms with van der Waals surface area (Å²) in [6.45, 7) is 1.27. The lowest BCUT2D eigenvalue weighted by Gasteiger charge is -2.17. The van der Waals surface area contributed by atoms with E-state index in [2.05, 4.69) is 15.1 Å². The van der Waals surface area contributed by atoms with Gasteiger partial charge in [-0.25, -0.2) is 4.98 Å². The van der Waals surface area contributed by atoms with Gasteiger partial charge in [-0.2, -0.15) is 5.10 Å². The molecule has 1 aliphatic rings. The zero-order chi connectivity index (χ0) is 17.3. The molecule has 1 amide bonds. The minimum atomic E-state index is -0.165. The third kappa shape index (κ3) is 3.47. The van der Waals surface area contributed by atoms with Crippen molar-refractivity contribution < 1.29 is 4.79 Å². The Hall–Kier alpha value is -2.64. The third-order valence-electron chi connectivity index (χ3n) is 4.23. The summed E-state index contributed by atoms with van der Waals surface area (Å²) in [7, 11) is 5.50. The summed E-state index contributed by atoms with van der Waals surface area (Å²) in [4.78, 5) is 35.1. The van der Waals surface area contributed by atoms with Crippen molar-refractivity contribution >= 4 is 11.9 Å². The fraction of sp³-hybridized carbons (Fsp3) is 0.500. The van der Waals surface area contributed by atoms with Crippen molar-refractivity contribution in [2.75, 3.05) is 32.1 Å². The molecule has 2 aromatic rings. The number of amides is 1. The largest absolute Gasteiger partial charge is 0.348 e. The van der Waals surface area contributed by atoms with Crippen molar-refractivity contribution in [1.82, 2.24) is 24.6 Å². The number of hydrogen-bond donors (Lipinski definition) is 1. The average molecular weight is 330 g/mol. The van der Waals surface area contributed by atoms with Gasteiger partial charge in [0.1, 0.15) is 0 Å². The van der Waals surface area contributed by atoms with Gasteiger partial charge < -0.3 is 9.80 Å². The molecule has 1 fully saturated rings. The molecule has 1 unspecified atom stereocenters. The topological polar surface area (TPSA) is 87.1 Å². The van der Waals surface area contributed by atoms with Crippen molar-refractivity contribution in [1.29, 1.82) is 0 Å². The van der Waals surface area contributed by atoms with E-state index >= 15 is 0 Å². The second kappa shape index (κ2) is 6.46. The molecule has 0 bridgehead atoms. The number of carbonyl (C=O) groups excluding carboxylic acids is 1. The molecule has 128 valence electrons. The molecule has 1 N–H and O–H groups in total. The Morgan fingerprint density at radius 1 is 1.46 bits per heavy atom. The van der Waals surface area contributed by atoms with Gasteiger partial charge in [0.25, 0.3) is 5.56 Å². The fourth-order valence-electron chi connectivity index (χ4n) is 2.94. The number of nitrogens with one attached hydrogen (secondary N) is 1. The highest BCUT2D eigenvalue weighted by Gasteiger charge is 2.29. The van der Waals surface area contributed by atoms with E-state index in [1.165, 1.54) is 6.07 Å². The summed E-state index contributed by atoms with van der Waals surface area (Å²) >= 11 is 0. The van der Waals surface area contributed by atoms with Crippen LogP contribution < -0.4 is 10.5 Å². The van der Waals surface area contributed by atoms with Gasteiger partial charge in [0.15, 0.2) is 0 Å². The van der Waals surface area contributed by atoms with Crippen molar-refractivity contribution in [2.45, 2.75) is 18.8 Å². The van der Waals surface area contributed by atoms with Crippen LogP contribution in [0.25, 0.3) is 0 Å². The summed E-state index contributed by atoms with van der Waals surface area (Å²) in [6.07, 6.45) is 2.95. The number of likely N-dealkylation sites (tertiary alicyclic amines) is 1. The van der Waals surface area contributed by atoms with Gasteiger partial charge in [-0.15, -0.1) is 0 Å². The van der Waals surface area contributed by atoms with E-state index in [0.717, 1.165) is 17.8 Å². The molecular formula is C16H22N6O2. The monoisotopic (exact) mass is 330 g/mol. The quantitative estimate of drug-likeness (QED) is 0.861. The molecule has 2 aromatic heterocycles. The van der Waals surface area contributed by atoms with Gasteiger partial charge in [0.05, 0.1) is 17.8 Å². The smallest absolute Gasteiger partial charge is 0.252 e. The molecule has 1 aliphatic heterocycles. The van der Waals surface area contributed by atoms with E-state index in [0.29, 0.717) is 25.5 Å². The lowest BCUT2D eigenvalue weighted by molar-refractivity contribution is -0.129. The second-order valence-electron chi connectivity index (χ2n) is 6.37. The number of carbonyl (C=O) groups is 1. The van der Waals surface area contributed by atoms with Crippen molar-refractivity contribution in [3.8, 4) is 0 Å². The van der Waals surface area contributed by atoms with Crippen LogP contribution in [0.2, 0.25) is 0 Å². The minimum absolute atomic E-state index is 0.0638. The molecule has 0 radical (unpaired) electrons. The summed E-state index contributed by atoms with van der Waals surface area (Å²) in [5, 5.41) is 4.25. The van der Waals surface area contributed by atoms with Gasteiger partial charge in [0, 0.05) is 52.4 Å². The van der Waals surface area contributed by atoms with Gasteiger partial charge >= 0.3 is 0 Å². The molecule has 3 heterocycles. The molecule has 8 heteroatoms. The Morgan fingerprint density at radius 3 is 2.92 bits per heavy atom. The van der Waals surface area contributed by atoms with E-state index in [9.17, 15) is 9.59 Å². The number of H-pyrrole nitrogens is 1. The van der Waals surface area contributed by atoms with Crippen molar-refractivity contribution in [3.63, 3.8) is 0 Å². The zero-order valence-corrected chi connectivity index (χ0v) is 14.2. The third-order valence-corrected chi connectivity index (χ3v) is 4.23. The van der Waals surface area contributed by atoms with Crippen molar-refractivity contribution in [3.05, 3.63) is 40.1 Å². The van der Waals surface area contributed by atoms with Gasteiger partial charge in [-0.05, 0) is 12.5 Å². The van der Waals surface area contributed by atoms with Crippen LogP contribution in [0, 0.1) is 0 Å². The number of aromatic amines is 1. The summed E-state index contributed by atoms with van der Waals surface area (Å²) in [5.74, 6) is 0.698. The van der Waals surface area contributed by atoms with Crippen LogP contribution in [0.4, 0.5) is 5.95 Å². The lowest BCUT2D eigenvalue weighted by atomic mass is 10.1. The molecule has 0 aliphatic carbocycles. The maximum atomic E-state index is 12.4. The van der Waals surface area contributed by atoms with E-state index < -0.39 is 0 Å². The number of aromatic nitrogens is 4. The molecular weight excluding hydrogens is 308 g/mol. The van der Waals surface area contributed by atoms with E-state index in [1.807, 2.05) is 38.3 Å². The van der Waals surface area contributed by atoms with Crippen LogP contribution >= 0.6 is 0 Å². The normalized spacial score (nSPS) is 17.3. The molecule has 3 rings (SSSR count). The lowest BCUT2D eigenvalue weighted by Crippen LogP contribution is -2.30. The van der Waals surface area contributed by atoms with Gasteiger partial charge in [-0.3, -0.25) is 19.3 Å². The minimum Gasteiger partial charge on any atom is -0.348 e. The highest BCUT2D eigenvalue weighted by Crippen LogP contribution is 2.26. The van der Waals surface area contributed by atoms with Gasteiger partial charge in [-0.1, -0.05) is 0 Å². The molecule has 1 saturated heterocycles. The van der Waals surface area contributed by atoms with Crippen LogP contribution in [0.15, 0.2) is 23.1 Å². The first-order valence-corrected chi connectivity index (χ1v) is 7.97. The molecule has 8 nitrogen and oxygen atoms in total. The summed E-state index contributed by atoms with van der Waals surface area (Å²) in [5.41, 5.74) is 1.35. The van der Waals surface area contributed by atoms with Gasteiger partial charge in [0.2, 0.25) is 11.9 Å². The predicted octanol–water partition coefficient (Wildman–Crippen LogP) is 0.128. The standard InChI is InChI=1S/C16H22N6O2/c1-20(2)16-17-13(9-14(23)18-16)11-4-7-22(10-11)15(24)8-12-5-6-21(3)19-12/h5-6,9,11H,4,7-8,10H2,1-3H3,(H,17,18,23). The Kier molecular flexibility index (Phi) is 4.37. The fourth-order valence-corrected chi connectivity index (χ4v) is 2.94. The SMILES string of the molecule is CN(C)c1nc(C2CCN(C(=O)Cc3ccn(C)n3)C2)cc(=O)[nH]1. The average Bonchev–Trinajstić information content (AvgIpc) is 3.16. The van der Waals surface area contributed by atoms with E-state index in [4.69, 9.17) is 0 Å². The highest BCUT2D eigenvalue weighted by molar-refractivity contribution is 5.78. The van der Waals surface area contributed by atoms with Crippen LogP contribution in [0.1, 0.15) is 23.7 Å². The van der Waals surface area contributed by atoms with Crippen LogP contribution in [0.3, 0.4) is 0 Å². The Labute approximate surface area is 140 Å². The maximum absolute atomic E-state index is 12.4. The number of rotatable bonds is 4. The summed E-state index contributed by atoms with van der Waals surface area (Å²) < 4.78 is 1.69. The maximum Gasteiger partial charge on any atom is 0.252 e. The first kappa shape index (κ1) is 16.2. The highest BCUT2D eigenvalue weighted by atomic mass is 16.2. The van der Waals surface area contributed by atoms with Crippen molar-refractivity contribution in [2.24, 2.45) is 7.05 Å². The molecule has 0 spiro atoms. The first-order valence-electron chi connectivity index (χ1n) is 7.97. The first-order chi connectivity index (χ1) is 11.4. The predicted molar refractivity (Wildman–Crippen MR) is 90.0 cm³/mol. The second-order valence-corrected chi connectivity index (χ2v) is 6.37. The zero-order valence-electron chi connectivity index (χ0n) is 14.2. The molecule has 24 heavy (non-hydrogen) atoms. The number of hydrogen-bond acceptors (Lipinski definition) is 5. The number of anilines is 1. The van der Waals surface area contributed by atoms with E-state index in [-0.39, 0.29) is 17.4 Å². The molecule has 1 atom stereocenters. The Balaban J connectivity index is 1.69. The van der Waals surface area contributed by atoms with Crippen LogP contribution in [0.5, 0.6) is 0 Å². The Morgan fingerprint density at radius 2 is 2.25 bits per heavy atom. The van der Waals surface area contributed by atoms with Crippen LogP contribution in [-0.4, -0.2) is 57.7 Å². The van der Waals surface area contributed by atoms with Crippen LogP contribution in [-0.2, 0) is 18.3 Å².